The maximum atomic E-state index is 5.36. The molecule has 0 spiro atoms. The fourth-order valence-corrected chi connectivity index (χ4v) is 1.96. The predicted molar refractivity (Wildman–Crippen MR) is 91.7 cm³/mol. The third-order valence-electron chi connectivity index (χ3n) is 3.16. The first kappa shape index (κ1) is 17.7. The third kappa shape index (κ3) is 4.88. The first-order valence-electron chi connectivity index (χ1n) is 7.21. The van der Waals surface area contributed by atoms with Crippen LogP contribution in [0.2, 0.25) is 0 Å². The molecule has 0 aliphatic heterocycles. The van der Waals surface area contributed by atoms with E-state index in [9.17, 15) is 0 Å². The van der Waals surface area contributed by atoms with Crippen LogP contribution in [-0.4, -0.2) is 28.4 Å². The van der Waals surface area contributed by atoms with Gasteiger partial charge in [-0.05, 0) is 42.0 Å². The molecule has 0 saturated heterocycles. The van der Waals surface area contributed by atoms with Crippen molar-refractivity contribution in [2.24, 2.45) is 0 Å². The van der Waals surface area contributed by atoms with E-state index in [1.54, 1.807) is 21.3 Å². The largest absolute Gasteiger partial charge is 0.493 e. The summed E-state index contributed by atoms with van der Waals surface area (Å²) in [5.41, 5.74) is 2.21. The number of hydrogen-bond donors (Lipinski definition) is 1. The Morgan fingerprint density at radius 1 is 1.09 bits per heavy atom. The Balaban J connectivity index is 3.08. The summed E-state index contributed by atoms with van der Waals surface area (Å²) in [6, 6.07) is 3.85. The van der Waals surface area contributed by atoms with Gasteiger partial charge < -0.3 is 19.5 Å². The number of benzene rings is 1. The first-order valence-corrected chi connectivity index (χ1v) is 7.21. The van der Waals surface area contributed by atoms with Crippen LogP contribution in [0.5, 0.6) is 17.2 Å². The van der Waals surface area contributed by atoms with Crippen LogP contribution < -0.4 is 19.5 Å². The summed E-state index contributed by atoms with van der Waals surface area (Å²) in [4.78, 5) is 0. The van der Waals surface area contributed by atoms with Crippen molar-refractivity contribution < 1.29 is 14.2 Å². The lowest BCUT2D eigenvalue weighted by Gasteiger charge is -2.12. The summed E-state index contributed by atoms with van der Waals surface area (Å²) in [6.45, 7) is 2.12. The summed E-state index contributed by atoms with van der Waals surface area (Å²) in [5, 5.41) is 2.97. The van der Waals surface area contributed by atoms with Gasteiger partial charge in [-0.15, -0.1) is 0 Å². The maximum Gasteiger partial charge on any atom is 0.203 e. The molecular weight excluding hydrogens is 278 g/mol. The molecule has 0 unspecified atom stereocenters. The fourth-order valence-electron chi connectivity index (χ4n) is 1.96. The average molecular weight is 303 g/mol. The van der Waals surface area contributed by atoms with Gasteiger partial charge in [-0.2, -0.15) is 0 Å². The number of allylic oxidation sites excluding steroid dienone is 4. The lowest BCUT2D eigenvalue weighted by Crippen LogP contribution is -1.95. The Hall–Kier alpha value is -2.36. The second kappa shape index (κ2) is 9.55. The van der Waals surface area contributed by atoms with E-state index in [4.69, 9.17) is 14.2 Å². The van der Waals surface area contributed by atoms with Gasteiger partial charge >= 0.3 is 0 Å². The number of rotatable bonds is 8. The number of nitrogens with one attached hydrogen (secondary N) is 1. The highest BCUT2D eigenvalue weighted by Crippen LogP contribution is 2.38. The van der Waals surface area contributed by atoms with E-state index >= 15 is 0 Å². The van der Waals surface area contributed by atoms with Crippen molar-refractivity contribution in [1.29, 1.82) is 0 Å². The van der Waals surface area contributed by atoms with E-state index in [-0.39, 0.29) is 0 Å². The molecular formula is C18H25NO3. The van der Waals surface area contributed by atoms with Crippen molar-refractivity contribution in [3.05, 3.63) is 47.7 Å². The topological polar surface area (TPSA) is 39.7 Å². The molecule has 0 aliphatic carbocycles. The van der Waals surface area contributed by atoms with Gasteiger partial charge in [0.2, 0.25) is 5.75 Å². The lowest BCUT2D eigenvalue weighted by atomic mass is 10.1. The molecule has 0 heterocycles. The van der Waals surface area contributed by atoms with E-state index < -0.39 is 0 Å². The molecule has 1 aromatic rings. The van der Waals surface area contributed by atoms with Gasteiger partial charge in [-0.25, -0.2) is 0 Å². The summed E-state index contributed by atoms with van der Waals surface area (Å²) >= 11 is 0. The molecule has 0 radical (unpaired) electrons. The van der Waals surface area contributed by atoms with Gasteiger partial charge in [0.05, 0.1) is 21.3 Å². The van der Waals surface area contributed by atoms with Crippen LogP contribution >= 0.6 is 0 Å². The SMILES string of the molecule is CCC(/C=C\c1cc(OC)c(OC)c(OC)c1)=C\C=C/NC. The fraction of sp³-hybridized carbons (Fsp3) is 0.333. The van der Waals surface area contributed by atoms with Crippen LogP contribution in [0.3, 0.4) is 0 Å². The Kier molecular flexibility index (Phi) is 7.68. The minimum Gasteiger partial charge on any atom is -0.493 e. The van der Waals surface area contributed by atoms with Crippen molar-refractivity contribution >= 4 is 6.08 Å². The highest BCUT2D eigenvalue weighted by atomic mass is 16.5. The van der Waals surface area contributed by atoms with Gasteiger partial charge in [0, 0.05) is 7.05 Å². The van der Waals surface area contributed by atoms with E-state index in [1.165, 1.54) is 5.57 Å². The highest BCUT2D eigenvalue weighted by Gasteiger charge is 2.11. The molecule has 0 amide bonds. The van der Waals surface area contributed by atoms with Gasteiger partial charge in [0.1, 0.15) is 0 Å². The zero-order chi connectivity index (χ0) is 16.4. The Morgan fingerprint density at radius 3 is 2.18 bits per heavy atom. The molecule has 0 atom stereocenters. The van der Waals surface area contributed by atoms with Crippen LogP contribution in [0.1, 0.15) is 18.9 Å². The lowest BCUT2D eigenvalue weighted by molar-refractivity contribution is 0.324. The van der Waals surface area contributed by atoms with Crippen LogP contribution in [0.15, 0.2) is 42.1 Å². The molecule has 0 aromatic heterocycles. The smallest absolute Gasteiger partial charge is 0.203 e. The van der Waals surface area contributed by atoms with Gasteiger partial charge in [0.25, 0.3) is 0 Å². The quantitative estimate of drug-likeness (QED) is 0.742. The Labute approximate surface area is 133 Å². The molecule has 1 aromatic carbocycles. The average Bonchev–Trinajstić information content (AvgIpc) is 2.56. The molecule has 4 heteroatoms. The zero-order valence-electron chi connectivity index (χ0n) is 14.0. The van der Waals surface area contributed by atoms with E-state index in [1.807, 2.05) is 37.5 Å². The number of hydrogen-bond acceptors (Lipinski definition) is 4. The number of methoxy groups -OCH3 is 3. The molecule has 0 bridgehead atoms. The molecule has 22 heavy (non-hydrogen) atoms. The molecule has 0 saturated carbocycles. The van der Waals surface area contributed by atoms with Crippen molar-refractivity contribution in [3.8, 4) is 17.2 Å². The summed E-state index contributed by atoms with van der Waals surface area (Å²) in [7, 11) is 6.71. The maximum absolute atomic E-state index is 5.36. The van der Waals surface area contributed by atoms with Gasteiger partial charge in [-0.1, -0.05) is 25.2 Å². The zero-order valence-corrected chi connectivity index (χ0v) is 14.0. The Bertz CT molecular complexity index is 534. The minimum atomic E-state index is 0.602. The Morgan fingerprint density at radius 2 is 1.73 bits per heavy atom. The van der Waals surface area contributed by atoms with E-state index in [0.717, 1.165) is 12.0 Å². The van der Waals surface area contributed by atoms with E-state index in [2.05, 4.69) is 24.4 Å². The molecule has 120 valence electrons. The van der Waals surface area contributed by atoms with Crippen LogP contribution in [0.4, 0.5) is 0 Å². The predicted octanol–water partition coefficient (Wildman–Crippen LogP) is 3.80. The molecule has 4 nitrogen and oxygen atoms in total. The summed E-state index contributed by atoms with van der Waals surface area (Å²) in [6.07, 6.45) is 11.0. The third-order valence-corrected chi connectivity index (χ3v) is 3.16. The second-order valence-electron chi connectivity index (χ2n) is 4.53. The minimum absolute atomic E-state index is 0.602. The first-order chi connectivity index (χ1) is 10.7. The van der Waals surface area contributed by atoms with Crippen molar-refractivity contribution in [1.82, 2.24) is 5.32 Å². The van der Waals surface area contributed by atoms with Crippen molar-refractivity contribution in [2.45, 2.75) is 13.3 Å². The highest BCUT2D eigenvalue weighted by molar-refractivity contribution is 5.63. The standard InChI is InChI=1S/C18H25NO3/c1-6-14(8-7-11-19-2)9-10-15-12-16(20-3)18(22-5)17(13-15)21-4/h7-13,19H,6H2,1-5H3/b10-9-,11-7-,14-8+. The second-order valence-corrected chi connectivity index (χ2v) is 4.53. The summed E-state index contributed by atoms with van der Waals surface area (Å²) < 4.78 is 16.0. The van der Waals surface area contributed by atoms with Crippen LogP contribution in [0, 0.1) is 0 Å². The molecule has 1 N–H and O–H groups in total. The van der Waals surface area contributed by atoms with Gasteiger partial charge in [0.15, 0.2) is 11.5 Å². The van der Waals surface area contributed by atoms with Crippen LogP contribution in [0.25, 0.3) is 6.08 Å². The van der Waals surface area contributed by atoms with Crippen molar-refractivity contribution in [2.75, 3.05) is 28.4 Å². The number of ether oxygens (including phenoxy) is 3. The monoisotopic (exact) mass is 303 g/mol. The molecule has 0 fully saturated rings. The van der Waals surface area contributed by atoms with Crippen LogP contribution in [-0.2, 0) is 0 Å². The normalized spacial score (nSPS) is 12.0. The molecule has 1 rings (SSSR count). The van der Waals surface area contributed by atoms with E-state index in [0.29, 0.717) is 17.2 Å². The summed E-state index contributed by atoms with van der Waals surface area (Å²) in [5.74, 6) is 1.91. The van der Waals surface area contributed by atoms with Crippen molar-refractivity contribution in [3.63, 3.8) is 0 Å². The van der Waals surface area contributed by atoms with Gasteiger partial charge in [-0.3, -0.25) is 0 Å². The molecule has 0 aliphatic rings.